The van der Waals surface area contributed by atoms with E-state index in [1.165, 1.54) is 22.3 Å². The molecule has 4 nitrogen and oxygen atoms in total. The number of phenols is 1. The van der Waals surface area contributed by atoms with Crippen molar-refractivity contribution in [2.75, 3.05) is 0 Å². The summed E-state index contributed by atoms with van der Waals surface area (Å²) in [5.41, 5.74) is 19.4. The molecular weight excluding hydrogens is 839 g/mol. The summed E-state index contributed by atoms with van der Waals surface area (Å²) in [5.74, 6) is 0.943. The fourth-order valence-electron chi connectivity index (χ4n) is 9.52. The van der Waals surface area contributed by atoms with Crippen molar-refractivity contribution in [3.05, 3.63) is 192 Å². The van der Waals surface area contributed by atoms with Crippen LogP contribution in [0.5, 0.6) is 5.75 Å². The van der Waals surface area contributed by atoms with E-state index in [0.29, 0.717) is 11.4 Å². The maximum absolute atomic E-state index is 12.7. The second-order valence-corrected chi connectivity index (χ2v) is 23.1. The van der Waals surface area contributed by atoms with Crippen LogP contribution in [0.3, 0.4) is 0 Å². The van der Waals surface area contributed by atoms with E-state index < -0.39 is 0 Å². The fraction of sp³-hybridized carbons (Fsp3) is 0.262. The number of hydrogen-bond acceptors (Lipinski definition) is 3. The Labute approximate surface area is 410 Å². The van der Waals surface area contributed by atoms with Crippen LogP contribution in [0.1, 0.15) is 111 Å². The van der Waals surface area contributed by atoms with E-state index in [0.717, 1.165) is 78.0 Å². The highest BCUT2D eigenvalue weighted by Crippen LogP contribution is 2.47. The van der Waals surface area contributed by atoms with Crippen molar-refractivity contribution in [1.29, 1.82) is 0 Å². The monoisotopic (exact) mass is 906 g/mol. The zero-order chi connectivity index (χ0) is 49.2. The molecule has 0 saturated carbocycles. The van der Waals surface area contributed by atoms with Crippen molar-refractivity contribution in [3.8, 4) is 78.6 Å². The van der Waals surface area contributed by atoms with Gasteiger partial charge < -0.3 is 5.11 Å². The van der Waals surface area contributed by atoms with E-state index in [1.807, 2.05) is 6.20 Å². The van der Waals surface area contributed by atoms with Gasteiger partial charge in [0, 0.05) is 28.5 Å². The zero-order valence-corrected chi connectivity index (χ0v) is 42.9. The van der Waals surface area contributed by atoms with E-state index in [2.05, 4.69) is 252 Å². The Morgan fingerprint density at radius 2 is 1.01 bits per heavy atom. The highest BCUT2D eigenvalue weighted by molar-refractivity contribution is 5.98. The summed E-state index contributed by atoms with van der Waals surface area (Å²) < 4.78 is 2.31. The average Bonchev–Trinajstić information content (AvgIpc) is 3.70. The molecule has 9 rings (SSSR count). The lowest BCUT2D eigenvalue weighted by molar-refractivity contribution is 0.446. The summed E-state index contributed by atoms with van der Waals surface area (Å²) in [4.78, 5) is 10.7. The van der Waals surface area contributed by atoms with Crippen molar-refractivity contribution in [1.82, 2.24) is 14.5 Å². The van der Waals surface area contributed by atoms with Gasteiger partial charge >= 0.3 is 0 Å². The number of aromatic hydroxyl groups is 1. The lowest BCUT2D eigenvalue weighted by Gasteiger charge is -2.28. The Morgan fingerprint density at radius 1 is 0.420 bits per heavy atom. The van der Waals surface area contributed by atoms with Crippen LogP contribution in [0.4, 0.5) is 0 Å². The molecule has 0 unspecified atom stereocenters. The smallest absolute Gasteiger partial charge is 0.149 e. The van der Waals surface area contributed by atoms with Crippen LogP contribution in [-0.2, 0) is 21.7 Å². The molecule has 0 aliphatic rings. The number of imidazole rings is 1. The van der Waals surface area contributed by atoms with Crippen LogP contribution in [0, 0.1) is 6.92 Å². The number of pyridine rings is 1. The third kappa shape index (κ3) is 9.30. The molecule has 348 valence electrons. The molecule has 0 spiro atoms. The largest absolute Gasteiger partial charge is 0.507 e. The lowest BCUT2D eigenvalue weighted by Crippen LogP contribution is -2.17. The van der Waals surface area contributed by atoms with Crippen molar-refractivity contribution in [2.24, 2.45) is 0 Å². The van der Waals surface area contributed by atoms with Crippen molar-refractivity contribution in [2.45, 2.75) is 112 Å². The van der Waals surface area contributed by atoms with E-state index in [1.54, 1.807) is 0 Å². The Kier molecular flexibility index (Phi) is 11.9. The zero-order valence-electron chi connectivity index (χ0n) is 42.9. The lowest BCUT2D eigenvalue weighted by atomic mass is 9.79. The van der Waals surface area contributed by atoms with Crippen LogP contribution in [0.15, 0.2) is 164 Å². The average molecular weight is 906 g/mol. The van der Waals surface area contributed by atoms with Gasteiger partial charge in [-0.25, -0.2) is 4.98 Å². The Hall–Kier alpha value is -7.04. The molecule has 69 heavy (non-hydrogen) atoms. The number of hydrogen-bond donors (Lipinski definition) is 1. The second kappa shape index (κ2) is 17.5. The minimum absolute atomic E-state index is 0.0486. The first-order chi connectivity index (χ1) is 32.6. The summed E-state index contributed by atoms with van der Waals surface area (Å²) in [7, 11) is 0. The second-order valence-electron chi connectivity index (χ2n) is 23.1. The van der Waals surface area contributed by atoms with E-state index in [-0.39, 0.29) is 27.4 Å². The van der Waals surface area contributed by atoms with E-state index in [9.17, 15) is 5.11 Å². The number of aryl methyl sites for hydroxylation is 1. The molecule has 0 atom stereocenters. The van der Waals surface area contributed by atoms with Gasteiger partial charge in [-0.3, -0.25) is 9.55 Å². The van der Waals surface area contributed by atoms with Gasteiger partial charge in [0.2, 0.25) is 0 Å². The molecule has 1 N–H and O–H groups in total. The van der Waals surface area contributed by atoms with Gasteiger partial charge in [-0.05, 0) is 133 Å². The standard InChI is InChI=1S/C65H67N3O/c1-41-33-58(53(43-23-18-15-19-24-43)40-52(41)44-27-29-48(30-28-44)62(2,3)4)68-57-26-20-25-51(59(57)67-61(68)54-38-50(64(8,9)10)39-55(60(54)69)65(11,12)13)46-34-47(36-49(35-46)63(5,6)7)56-37-45(31-32-66-56)42-21-16-14-17-22-42/h14-40,69H,1-13H3. The summed E-state index contributed by atoms with van der Waals surface area (Å²) in [6, 6.07) is 57.0. The first-order valence-corrected chi connectivity index (χ1v) is 24.5. The molecule has 0 bridgehead atoms. The molecule has 4 heteroatoms. The maximum Gasteiger partial charge on any atom is 0.149 e. The van der Waals surface area contributed by atoms with Gasteiger partial charge in [-0.1, -0.05) is 192 Å². The molecule has 0 aliphatic heterocycles. The van der Waals surface area contributed by atoms with Crippen LogP contribution in [0.2, 0.25) is 0 Å². The Balaban J connectivity index is 1.36. The molecule has 2 heterocycles. The minimum Gasteiger partial charge on any atom is -0.507 e. The fourth-order valence-corrected chi connectivity index (χ4v) is 9.52. The maximum atomic E-state index is 12.7. The molecule has 9 aromatic rings. The Morgan fingerprint density at radius 3 is 1.64 bits per heavy atom. The third-order valence-electron chi connectivity index (χ3n) is 13.7. The first-order valence-electron chi connectivity index (χ1n) is 24.5. The molecule has 0 amide bonds. The van der Waals surface area contributed by atoms with E-state index in [4.69, 9.17) is 9.97 Å². The molecular formula is C65H67N3O. The number of fused-ring (bicyclic) bond motifs is 1. The molecule has 2 aromatic heterocycles. The number of rotatable bonds is 7. The number of para-hydroxylation sites is 1. The highest BCUT2D eigenvalue weighted by Gasteiger charge is 2.30. The topological polar surface area (TPSA) is 50.9 Å². The van der Waals surface area contributed by atoms with Crippen molar-refractivity contribution < 1.29 is 5.11 Å². The van der Waals surface area contributed by atoms with Crippen LogP contribution < -0.4 is 0 Å². The SMILES string of the molecule is Cc1cc(-n2c(-c3cc(C(C)(C)C)cc(C(C)(C)C)c3O)nc3c(-c4cc(-c5cc(-c6ccccc6)ccn5)cc(C(C)(C)C)c4)cccc32)c(-c2ccccc2)cc1-c1ccc(C(C)(C)C)cc1. The predicted molar refractivity (Wildman–Crippen MR) is 293 cm³/mol. The number of phenolic OH excluding ortho intramolecular Hbond substituents is 1. The molecule has 0 radical (unpaired) electrons. The van der Waals surface area contributed by atoms with Gasteiger partial charge in [0.05, 0.1) is 28.0 Å². The quantitative estimate of drug-likeness (QED) is 0.173. The van der Waals surface area contributed by atoms with Crippen LogP contribution in [0.25, 0.3) is 83.9 Å². The first kappa shape index (κ1) is 47.0. The van der Waals surface area contributed by atoms with Crippen molar-refractivity contribution >= 4 is 11.0 Å². The normalized spacial score (nSPS) is 12.5. The molecule has 0 fully saturated rings. The van der Waals surface area contributed by atoms with Gasteiger partial charge in [-0.15, -0.1) is 0 Å². The number of benzene rings is 7. The molecule has 0 aliphatic carbocycles. The molecule has 7 aromatic carbocycles. The minimum atomic E-state index is -0.340. The number of aromatic nitrogens is 3. The number of nitrogens with zero attached hydrogens (tertiary/aromatic N) is 3. The van der Waals surface area contributed by atoms with Crippen molar-refractivity contribution in [3.63, 3.8) is 0 Å². The van der Waals surface area contributed by atoms with Gasteiger partial charge in [-0.2, -0.15) is 0 Å². The summed E-state index contributed by atoms with van der Waals surface area (Å²) >= 11 is 0. The summed E-state index contributed by atoms with van der Waals surface area (Å²) in [6.07, 6.45) is 1.91. The molecule has 0 saturated heterocycles. The highest BCUT2D eigenvalue weighted by atomic mass is 16.3. The predicted octanol–water partition coefficient (Wildman–Crippen LogP) is 17.6. The Bertz CT molecular complexity index is 3350. The summed E-state index contributed by atoms with van der Waals surface area (Å²) in [6.45, 7) is 29.0. The van der Waals surface area contributed by atoms with E-state index >= 15 is 0 Å². The van der Waals surface area contributed by atoms with Crippen LogP contribution in [-0.4, -0.2) is 19.6 Å². The van der Waals surface area contributed by atoms with Crippen LogP contribution >= 0.6 is 0 Å². The third-order valence-corrected chi connectivity index (χ3v) is 13.7. The summed E-state index contributed by atoms with van der Waals surface area (Å²) in [5, 5.41) is 12.7. The van der Waals surface area contributed by atoms with Gasteiger partial charge in [0.25, 0.3) is 0 Å². The van der Waals surface area contributed by atoms with Gasteiger partial charge in [0.1, 0.15) is 11.6 Å². The van der Waals surface area contributed by atoms with Gasteiger partial charge in [0.15, 0.2) is 0 Å².